The van der Waals surface area contributed by atoms with Crippen molar-refractivity contribution in [3.8, 4) is 0 Å². The summed E-state index contributed by atoms with van der Waals surface area (Å²) >= 11 is 4.64. The number of hydrogen-bond acceptors (Lipinski definition) is 2. The van der Waals surface area contributed by atoms with Gasteiger partial charge in [0.05, 0.1) is 4.47 Å². The largest absolute Gasteiger partial charge is 0.384 e. The molecular formula is C12H16BrFN2S. The molecule has 1 atom stereocenters. The molecule has 0 aromatic heterocycles. The van der Waals surface area contributed by atoms with Crippen LogP contribution >= 0.6 is 27.7 Å². The van der Waals surface area contributed by atoms with E-state index < -0.39 is 0 Å². The Hall–Kier alpha value is -0.550. The van der Waals surface area contributed by atoms with Gasteiger partial charge in [-0.1, -0.05) is 20.3 Å². The number of halogens is 2. The Labute approximate surface area is 114 Å². The Balaban J connectivity index is 2.89. The second-order valence-electron chi connectivity index (χ2n) is 3.98. The Bertz CT molecular complexity index is 423. The average Bonchev–Trinajstić information content (AvgIpc) is 2.30. The van der Waals surface area contributed by atoms with Crippen LogP contribution in [-0.2, 0) is 0 Å². The molecule has 2 nitrogen and oxygen atoms in total. The van der Waals surface area contributed by atoms with Gasteiger partial charge in [-0.15, -0.1) is 11.8 Å². The molecule has 1 rings (SSSR count). The summed E-state index contributed by atoms with van der Waals surface area (Å²) in [5, 5.41) is 7.32. The molecule has 0 aliphatic heterocycles. The molecule has 1 aromatic rings. The first kappa shape index (κ1) is 14.5. The van der Waals surface area contributed by atoms with Crippen molar-refractivity contribution in [2.45, 2.75) is 25.2 Å². The van der Waals surface area contributed by atoms with Gasteiger partial charge in [0.2, 0.25) is 0 Å². The molecular weight excluding hydrogens is 303 g/mol. The van der Waals surface area contributed by atoms with E-state index in [4.69, 9.17) is 11.1 Å². The number of rotatable bonds is 5. The molecule has 1 aromatic carbocycles. The fraction of sp³-hybridized carbons (Fsp3) is 0.417. The van der Waals surface area contributed by atoms with E-state index in [9.17, 15) is 4.39 Å². The summed E-state index contributed by atoms with van der Waals surface area (Å²) in [4.78, 5) is 0.599. The van der Waals surface area contributed by atoms with Crippen LogP contribution < -0.4 is 5.73 Å². The molecule has 0 amide bonds. The van der Waals surface area contributed by atoms with E-state index >= 15 is 0 Å². The number of benzene rings is 1. The van der Waals surface area contributed by atoms with Crippen LogP contribution in [-0.4, -0.2) is 11.6 Å². The van der Waals surface area contributed by atoms with Crippen molar-refractivity contribution in [2.24, 2.45) is 11.7 Å². The van der Waals surface area contributed by atoms with Crippen LogP contribution in [0.5, 0.6) is 0 Å². The zero-order valence-corrected chi connectivity index (χ0v) is 12.3. The van der Waals surface area contributed by atoms with E-state index in [-0.39, 0.29) is 16.1 Å². The first-order valence-corrected chi connectivity index (χ1v) is 7.20. The summed E-state index contributed by atoms with van der Waals surface area (Å²) in [6.07, 6.45) is 1.08. The highest BCUT2D eigenvalue weighted by Crippen LogP contribution is 2.31. The molecule has 0 bridgehead atoms. The summed E-state index contributed by atoms with van der Waals surface area (Å²) in [6.45, 7) is 4.26. The summed E-state index contributed by atoms with van der Waals surface area (Å²) in [7, 11) is 0. The maximum absolute atomic E-state index is 14.0. The minimum Gasteiger partial charge on any atom is -0.384 e. The van der Waals surface area contributed by atoms with Gasteiger partial charge in [0, 0.05) is 16.2 Å². The minimum absolute atomic E-state index is 0.130. The number of thioether (sulfide) groups is 1. The lowest BCUT2D eigenvalue weighted by molar-refractivity contribution is 0.592. The molecule has 94 valence electrons. The number of nitrogens with two attached hydrogens (primary N) is 1. The summed E-state index contributed by atoms with van der Waals surface area (Å²) in [6, 6.07) is 3.36. The highest BCUT2D eigenvalue weighted by molar-refractivity contribution is 9.10. The third-order valence-electron chi connectivity index (χ3n) is 2.56. The topological polar surface area (TPSA) is 49.9 Å². The van der Waals surface area contributed by atoms with Gasteiger partial charge in [-0.3, -0.25) is 5.41 Å². The molecule has 17 heavy (non-hydrogen) atoms. The quantitative estimate of drug-likeness (QED) is 0.489. The fourth-order valence-electron chi connectivity index (χ4n) is 1.20. The molecule has 0 radical (unpaired) electrons. The average molecular weight is 319 g/mol. The first-order chi connectivity index (χ1) is 7.97. The summed E-state index contributed by atoms with van der Waals surface area (Å²) in [5.41, 5.74) is 5.76. The van der Waals surface area contributed by atoms with Crippen molar-refractivity contribution < 1.29 is 4.39 Å². The normalized spacial score (nSPS) is 12.5. The third kappa shape index (κ3) is 3.71. The molecule has 5 heteroatoms. The second-order valence-corrected chi connectivity index (χ2v) is 5.83. The molecule has 1 unspecified atom stereocenters. The van der Waals surface area contributed by atoms with Crippen molar-refractivity contribution in [1.29, 1.82) is 5.41 Å². The lowest BCUT2D eigenvalue weighted by atomic mass is 10.2. The molecule has 0 aliphatic rings. The summed E-state index contributed by atoms with van der Waals surface area (Å²) in [5.74, 6) is 0.991. The van der Waals surface area contributed by atoms with Gasteiger partial charge in [-0.05, 0) is 34.0 Å². The lowest BCUT2D eigenvalue weighted by Crippen LogP contribution is -2.12. The van der Waals surface area contributed by atoms with Crippen molar-refractivity contribution in [1.82, 2.24) is 0 Å². The zero-order valence-electron chi connectivity index (χ0n) is 9.89. The van der Waals surface area contributed by atoms with E-state index in [1.165, 1.54) is 11.8 Å². The Morgan fingerprint density at radius 1 is 1.59 bits per heavy atom. The van der Waals surface area contributed by atoms with Gasteiger partial charge >= 0.3 is 0 Å². The van der Waals surface area contributed by atoms with E-state index in [0.29, 0.717) is 16.4 Å². The van der Waals surface area contributed by atoms with E-state index in [1.807, 2.05) is 0 Å². The number of nitrogen functional groups attached to an aromatic ring is 1. The Morgan fingerprint density at radius 3 is 2.76 bits per heavy atom. The molecule has 0 fully saturated rings. The number of hydrogen-bond donors (Lipinski definition) is 2. The Kier molecular flexibility index (Phi) is 5.46. The molecule has 3 N–H and O–H groups in total. The van der Waals surface area contributed by atoms with Gasteiger partial charge < -0.3 is 5.73 Å². The van der Waals surface area contributed by atoms with Crippen molar-refractivity contribution in [3.05, 3.63) is 28.0 Å². The van der Waals surface area contributed by atoms with E-state index in [2.05, 4.69) is 29.8 Å². The van der Waals surface area contributed by atoms with Crippen LogP contribution in [0, 0.1) is 17.1 Å². The fourth-order valence-corrected chi connectivity index (χ4v) is 2.98. The van der Waals surface area contributed by atoms with Crippen molar-refractivity contribution in [3.63, 3.8) is 0 Å². The van der Waals surface area contributed by atoms with Crippen LogP contribution in [0.3, 0.4) is 0 Å². The van der Waals surface area contributed by atoms with Gasteiger partial charge in [-0.25, -0.2) is 4.39 Å². The summed E-state index contributed by atoms with van der Waals surface area (Å²) < 4.78 is 14.2. The highest BCUT2D eigenvalue weighted by Gasteiger charge is 2.13. The third-order valence-corrected chi connectivity index (χ3v) is 4.69. The lowest BCUT2D eigenvalue weighted by Gasteiger charge is -2.11. The van der Waals surface area contributed by atoms with Gasteiger partial charge in [0.25, 0.3) is 0 Å². The molecule has 0 aliphatic carbocycles. The zero-order chi connectivity index (χ0) is 13.0. The monoisotopic (exact) mass is 318 g/mol. The van der Waals surface area contributed by atoms with Crippen molar-refractivity contribution in [2.75, 3.05) is 5.75 Å². The first-order valence-electron chi connectivity index (χ1n) is 5.42. The van der Waals surface area contributed by atoms with E-state index in [0.717, 1.165) is 12.2 Å². The smallest absolute Gasteiger partial charge is 0.151 e. The predicted octanol–water partition coefficient (Wildman–Crippen LogP) is 4.01. The molecule has 0 heterocycles. The number of nitrogens with one attached hydrogen (secondary N) is 1. The highest BCUT2D eigenvalue weighted by atomic mass is 79.9. The van der Waals surface area contributed by atoms with Crippen LogP contribution in [0.1, 0.15) is 25.8 Å². The maximum atomic E-state index is 14.0. The van der Waals surface area contributed by atoms with Crippen LogP contribution in [0.15, 0.2) is 21.5 Å². The van der Waals surface area contributed by atoms with Crippen LogP contribution in [0.25, 0.3) is 0 Å². The second kappa shape index (κ2) is 6.40. The van der Waals surface area contributed by atoms with Gasteiger partial charge in [0.15, 0.2) is 5.82 Å². The predicted molar refractivity (Wildman–Crippen MR) is 75.3 cm³/mol. The van der Waals surface area contributed by atoms with Crippen LogP contribution in [0.2, 0.25) is 0 Å². The standard InChI is InChI=1S/C12H16BrFN2S/c1-3-7(2)6-17-9-5-4-8(12(15)16)10(13)11(9)14/h4-5,7H,3,6H2,1-2H3,(H3,15,16). The number of amidine groups is 1. The van der Waals surface area contributed by atoms with E-state index in [1.54, 1.807) is 12.1 Å². The molecule has 0 saturated heterocycles. The van der Waals surface area contributed by atoms with Crippen molar-refractivity contribution >= 4 is 33.5 Å². The van der Waals surface area contributed by atoms with Gasteiger partial charge in [-0.2, -0.15) is 0 Å². The SMILES string of the molecule is CCC(C)CSc1ccc(C(=N)N)c(Br)c1F. The maximum Gasteiger partial charge on any atom is 0.151 e. The molecule has 0 saturated carbocycles. The molecule has 0 spiro atoms. The van der Waals surface area contributed by atoms with Crippen LogP contribution in [0.4, 0.5) is 4.39 Å². The Morgan fingerprint density at radius 2 is 2.24 bits per heavy atom. The minimum atomic E-state index is -0.328. The van der Waals surface area contributed by atoms with Gasteiger partial charge in [0.1, 0.15) is 5.84 Å².